The van der Waals surface area contributed by atoms with E-state index < -0.39 is 0 Å². The predicted octanol–water partition coefficient (Wildman–Crippen LogP) is 4.94. The number of aromatic nitrogens is 2. The van der Waals surface area contributed by atoms with Gasteiger partial charge in [-0.05, 0) is 55.6 Å². The van der Waals surface area contributed by atoms with Gasteiger partial charge in [0.2, 0.25) is 5.88 Å². The van der Waals surface area contributed by atoms with E-state index in [1.165, 1.54) is 5.56 Å². The van der Waals surface area contributed by atoms with Gasteiger partial charge < -0.3 is 15.5 Å². The van der Waals surface area contributed by atoms with Gasteiger partial charge in [0, 0.05) is 16.1 Å². The molecule has 0 saturated heterocycles. The Bertz CT molecular complexity index is 863. The number of fused-ring (bicyclic) bond motifs is 1. The Morgan fingerprint density at radius 3 is 2.92 bits per heavy atom. The number of methoxy groups -OCH3 is 1. The minimum atomic E-state index is 0.597. The summed E-state index contributed by atoms with van der Waals surface area (Å²) in [6.45, 7) is 0.693. The molecule has 0 radical (unpaired) electrons. The van der Waals surface area contributed by atoms with Crippen molar-refractivity contribution in [2.75, 3.05) is 13.7 Å². The van der Waals surface area contributed by atoms with Crippen LogP contribution in [0, 0.1) is 0 Å². The van der Waals surface area contributed by atoms with Crippen molar-refractivity contribution in [3.63, 3.8) is 0 Å². The van der Waals surface area contributed by atoms with E-state index in [0.29, 0.717) is 17.4 Å². The molecule has 1 aromatic carbocycles. The number of unbranched alkanes of at least 4 members (excludes halogenated alkanes) is 1. The largest absolute Gasteiger partial charge is 0.481 e. The summed E-state index contributed by atoms with van der Waals surface area (Å²) in [6.07, 6.45) is 4.64. The maximum Gasteiger partial charge on any atom is 0.222 e. The van der Waals surface area contributed by atoms with Gasteiger partial charge in [0.15, 0.2) is 0 Å². The van der Waals surface area contributed by atoms with Crippen molar-refractivity contribution in [3.05, 3.63) is 45.5 Å². The van der Waals surface area contributed by atoms with Gasteiger partial charge in [-0.2, -0.15) is 0 Å². The highest BCUT2D eigenvalue weighted by Gasteiger charge is 2.18. The van der Waals surface area contributed by atoms with Gasteiger partial charge in [-0.25, -0.2) is 4.98 Å². The number of aryl methyl sites for hydroxylation is 1. The highest BCUT2D eigenvalue weighted by Crippen LogP contribution is 2.39. The minimum Gasteiger partial charge on any atom is -0.481 e. The van der Waals surface area contributed by atoms with Crippen LogP contribution in [-0.4, -0.2) is 23.6 Å². The van der Waals surface area contributed by atoms with Crippen molar-refractivity contribution >= 4 is 38.4 Å². The lowest BCUT2D eigenvalue weighted by atomic mass is 10.0. The zero-order chi connectivity index (χ0) is 17.1. The average Bonchev–Trinajstić information content (AvgIpc) is 2.94. The van der Waals surface area contributed by atoms with Crippen molar-refractivity contribution in [2.45, 2.75) is 19.3 Å². The molecule has 0 bridgehead atoms. The van der Waals surface area contributed by atoms with E-state index in [0.717, 1.165) is 45.9 Å². The Balaban J connectivity index is 2.22. The zero-order valence-corrected chi connectivity index (χ0v) is 15.7. The first-order chi connectivity index (χ1) is 11.7. The Morgan fingerprint density at radius 2 is 2.17 bits per heavy atom. The molecule has 3 aromatic rings. The van der Waals surface area contributed by atoms with Gasteiger partial charge in [0.05, 0.1) is 28.9 Å². The van der Waals surface area contributed by atoms with Gasteiger partial charge in [-0.1, -0.05) is 27.5 Å². The highest BCUT2D eigenvalue weighted by molar-refractivity contribution is 9.10. The predicted molar refractivity (Wildman–Crippen MR) is 103 cm³/mol. The van der Waals surface area contributed by atoms with Gasteiger partial charge in [-0.15, -0.1) is 0 Å². The maximum absolute atomic E-state index is 6.44. The summed E-state index contributed by atoms with van der Waals surface area (Å²) in [4.78, 5) is 7.79. The number of hydrogen-bond donors (Lipinski definition) is 2. The third-order valence-electron chi connectivity index (χ3n) is 4.05. The number of nitrogens with one attached hydrogen (secondary N) is 1. The van der Waals surface area contributed by atoms with Crippen molar-refractivity contribution in [1.82, 2.24) is 9.97 Å². The third-order valence-corrected chi connectivity index (χ3v) is 4.80. The van der Waals surface area contributed by atoms with Crippen LogP contribution in [0.15, 0.2) is 34.9 Å². The topological polar surface area (TPSA) is 63.9 Å². The fraction of sp³-hybridized carbons (Fsp3) is 0.278. The van der Waals surface area contributed by atoms with E-state index in [-0.39, 0.29) is 0 Å². The first kappa shape index (κ1) is 17.3. The molecule has 2 heterocycles. The SMILES string of the molecule is COc1ncccc1-c1[nH]c2c(Cl)cc(Br)cc2c1CCCCN. The molecule has 24 heavy (non-hydrogen) atoms. The molecule has 3 N–H and O–H groups in total. The van der Waals surface area contributed by atoms with Crippen LogP contribution in [0.4, 0.5) is 0 Å². The van der Waals surface area contributed by atoms with Crippen LogP contribution >= 0.6 is 27.5 Å². The van der Waals surface area contributed by atoms with Crippen LogP contribution < -0.4 is 10.5 Å². The van der Waals surface area contributed by atoms with Crippen LogP contribution in [0.2, 0.25) is 5.02 Å². The number of H-pyrrole nitrogens is 1. The summed E-state index contributed by atoms with van der Waals surface area (Å²) < 4.78 is 6.40. The number of hydrogen-bond acceptors (Lipinski definition) is 3. The minimum absolute atomic E-state index is 0.597. The number of nitrogens with two attached hydrogens (primary N) is 1. The quantitative estimate of drug-likeness (QED) is 0.568. The second kappa shape index (κ2) is 7.55. The number of benzene rings is 1. The van der Waals surface area contributed by atoms with Crippen LogP contribution in [0.3, 0.4) is 0 Å². The lowest BCUT2D eigenvalue weighted by molar-refractivity contribution is 0.399. The smallest absolute Gasteiger partial charge is 0.222 e. The molecule has 6 heteroatoms. The monoisotopic (exact) mass is 407 g/mol. The normalized spacial score (nSPS) is 11.2. The molecule has 0 aliphatic carbocycles. The van der Waals surface area contributed by atoms with E-state index in [2.05, 4.69) is 32.0 Å². The van der Waals surface area contributed by atoms with Crippen molar-refractivity contribution < 1.29 is 4.74 Å². The van der Waals surface area contributed by atoms with Gasteiger partial charge >= 0.3 is 0 Å². The molecule has 126 valence electrons. The van der Waals surface area contributed by atoms with E-state index >= 15 is 0 Å². The van der Waals surface area contributed by atoms with Crippen LogP contribution in [0.1, 0.15) is 18.4 Å². The molecule has 4 nitrogen and oxygen atoms in total. The third kappa shape index (κ3) is 3.29. The number of aromatic amines is 1. The number of rotatable bonds is 6. The summed E-state index contributed by atoms with van der Waals surface area (Å²) in [5.41, 5.74) is 9.75. The molecule has 3 rings (SSSR count). The fourth-order valence-electron chi connectivity index (χ4n) is 2.95. The molecule has 2 aromatic heterocycles. The molecule has 0 aliphatic rings. The highest BCUT2D eigenvalue weighted by atomic mass is 79.9. The maximum atomic E-state index is 6.44. The van der Waals surface area contributed by atoms with Crippen molar-refractivity contribution in [3.8, 4) is 17.1 Å². The Kier molecular flexibility index (Phi) is 5.43. The number of halogens is 2. The standard InChI is InChI=1S/C18H19BrClN3O/c1-24-18-13(6-4-8-22-18)16-12(5-2-3-7-21)14-9-11(19)10-15(20)17(14)23-16/h4,6,8-10,23H,2-3,5,7,21H2,1H3. The van der Waals surface area contributed by atoms with Crippen molar-refractivity contribution in [2.24, 2.45) is 5.73 Å². The van der Waals surface area contributed by atoms with Crippen LogP contribution in [0.25, 0.3) is 22.2 Å². The lowest BCUT2D eigenvalue weighted by Gasteiger charge is -2.08. The summed E-state index contributed by atoms with van der Waals surface area (Å²) >= 11 is 9.98. The molecular formula is C18H19BrClN3O. The van der Waals surface area contributed by atoms with Crippen molar-refractivity contribution in [1.29, 1.82) is 0 Å². The Labute approximate surface area is 154 Å². The van der Waals surface area contributed by atoms with E-state index in [1.54, 1.807) is 13.3 Å². The fourth-order valence-corrected chi connectivity index (χ4v) is 3.81. The molecule has 0 amide bonds. The molecule has 0 fully saturated rings. The van der Waals surface area contributed by atoms with Gasteiger partial charge in [0.1, 0.15) is 0 Å². The molecule has 0 aliphatic heterocycles. The lowest BCUT2D eigenvalue weighted by Crippen LogP contribution is -1.99. The summed E-state index contributed by atoms with van der Waals surface area (Å²) in [6, 6.07) is 7.91. The Morgan fingerprint density at radius 1 is 1.33 bits per heavy atom. The van der Waals surface area contributed by atoms with Gasteiger partial charge in [-0.3, -0.25) is 0 Å². The molecular weight excluding hydrogens is 390 g/mol. The van der Waals surface area contributed by atoms with Crippen LogP contribution in [-0.2, 0) is 6.42 Å². The van der Waals surface area contributed by atoms with E-state index in [9.17, 15) is 0 Å². The van der Waals surface area contributed by atoms with E-state index in [4.69, 9.17) is 22.1 Å². The first-order valence-corrected chi connectivity index (χ1v) is 9.01. The molecule has 0 spiro atoms. The average molecular weight is 409 g/mol. The number of ether oxygens (including phenoxy) is 1. The second-order valence-corrected chi connectivity index (χ2v) is 6.92. The number of pyridine rings is 1. The second-order valence-electron chi connectivity index (χ2n) is 5.59. The van der Waals surface area contributed by atoms with Crippen LogP contribution in [0.5, 0.6) is 5.88 Å². The molecule has 0 atom stereocenters. The Hall–Kier alpha value is -1.56. The van der Waals surface area contributed by atoms with Gasteiger partial charge in [0.25, 0.3) is 0 Å². The molecule has 0 saturated carbocycles. The summed E-state index contributed by atoms with van der Waals surface area (Å²) in [5, 5.41) is 1.81. The van der Waals surface area contributed by atoms with E-state index in [1.807, 2.05) is 18.2 Å². The molecule has 0 unspecified atom stereocenters. The zero-order valence-electron chi connectivity index (χ0n) is 13.4. The first-order valence-electron chi connectivity index (χ1n) is 7.84. The number of nitrogens with zero attached hydrogens (tertiary/aromatic N) is 1. The summed E-state index contributed by atoms with van der Waals surface area (Å²) in [7, 11) is 1.63. The summed E-state index contributed by atoms with van der Waals surface area (Å²) in [5.74, 6) is 0.597.